The Morgan fingerprint density at radius 1 is 1.53 bits per heavy atom. The molecule has 0 spiro atoms. The number of nitro groups is 1. The van der Waals surface area contributed by atoms with E-state index in [0.717, 1.165) is 6.42 Å². The van der Waals surface area contributed by atoms with Gasteiger partial charge in [-0.25, -0.2) is 0 Å². The molecule has 0 saturated heterocycles. The molecule has 19 heavy (non-hydrogen) atoms. The maximum absolute atomic E-state index is 11.7. The van der Waals surface area contributed by atoms with Crippen LogP contribution >= 0.6 is 15.9 Å². The van der Waals surface area contributed by atoms with E-state index in [1.807, 2.05) is 6.92 Å². The first-order valence-electron chi connectivity index (χ1n) is 5.94. The lowest BCUT2D eigenvalue weighted by Gasteiger charge is -2.15. The Hall–Kier alpha value is -1.63. The van der Waals surface area contributed by atoms with E-state index in [1.165, 1.54) is 6.07 Å². The first-order valence-corrected chi connectivity index (χ1v) is 6.73. The van der Waals surface area contributed by atoms with Crippen molar-refractivity contribution in [3.63, 3.8) is 0 Å². The van der Waals surface area contributed by atoms with Gasteiger partial charge in [-0.05, 0) is 25.5 Å². The monoisotopic (exact) mass is 329 g/mol. The van der Waals surface area contributed by atoms with Gasteiger partial charge >= 0.3 is 0 Å². The summed E-state index contributed by atoms with van der Waals surface area (Å²) >= 11 is 3.25. The summed E-state index contributed by atoms with van der Waals surface area (Å²) in [6.45, 7) is 4.21. The van der Waals surface area contributed by atoms with Crippen molar-refractivity contribution in [1.29, 1.82) is 0 Å². The van der Waals surface area contributed by atoms with Gasteiger partial charge in [-0.1, -0.05) is 22.9 Å². The van der Waals surface area contributed by atoms with Crippen molar-refractivity contribution >= 4 is 33.2 Å². The molecule has 7 heteroatoms. The van der Waals surface area contributed by atoms with E-state index in [1.54, 1.807) is 19.1 Å². The van der Waals surface area contributed by atoms with Gasteiger partial charge in [0.2, 0.25) is 5.91 Å². The first-order chi connectivity index (χ1) is 8.95. The maximum Gasteiger partial charge on any atom is 0.292 e. The molecule has 0 aromatic heterocycles. The molecule has 6 nitrogen and oxygen atoms in total. The van der Waals surface area contributed by atoms with Crippen LogP contribution in [0.25, 0.3) is 0 Å². The number of nitrogens with zero attached hydrogens (tertiary/aromatic N) is 1. The summed E-state index contributed by atoms with van der Waals surface area (Å²) in [7, 11) is 0. The summed E-state index contributed by atoms with van der Waals surface area (Å²) in [6.07, 6.45) is 0.843. The molecule has 1 unspecified atom stereocenters. The predicted molar refractivity (Wildman–Crippen MR) is 77.2 cm³/mol. The number of hydrogen-bond donors (Lipinski definition) is 2. The maximum atomic E-state index is 11.7. The lowest BCUT2D eigenvalue weighted by molar-refractivity contribution is -0.384. The van der Waals surface area contributed by atoms with Gasteiger partial charge in [-0.3, -0.25) is 14.9 Å². The minimum absolute atomic E-state index is 0.0571. The Morgan fingerprint density at radius 2 is 2.21 bits per heavy atom. The van der Waals surface area contributed by atoms with Crippen molar-refractivity contribution in [2.24, 2.45) is 0 Å². The van der Waals surface area contributed by atoms with Crippen molar-refractivity contribution in [3.05, 3.63) is 32.8 Å². The van der Waals surface area contributed by atoms with Gasteiger partial charge in [0, 0.05) is 17.1 Å². The number of nitrogens with one attached hydrogen (secondary N) is 2. The average Bonchev–Trinajstić information content (AvgIpc) is 2.35. The minimum Gasteiger partial charge on any atom is -0.368 e. The molecule has 0 saturated carbocycles. The summed E-state index contributed by atoms with van der Waals surface area (Å²) in [5.41, 5.74) is 0.261. The van der Waals surface area contributed by atoms with Crippen LogP contribution in [0.5, 0.6) is 0 Å². The topological polar surface area (TPSA) is 84.3 Å². The fourth-order valence-electron chi connectivity index (χ4n) is 1.48. The molecule has 0 fully saturated rings. The van der Waals surface area contributed by atoms with E-state index < -0.39 is 11.0 Å². The highest BCUT2D eigenvalue weighted by atomic mass is 79.9. The van der Waals surface area contributed by atoms with Gasteiger partial charge in [0.05, 0.1) is 4.92 Å². The fourth-order valence-corrected chi connectivity index (χ4v) is 1.84. The number of rotatable bonds is 6. The van der Waals surface area contributed by atoms with Gasteiger partial charge in [-0.15, -0.1) is 0 Å². The fraction of sp³-hybridized carbons (Fsp3) is 0.417. The number of hydrogen-bond acceptors (Lipinski definition) is 4. The van der Waals surface area contributed by atoms with Crippen LogP contribution in [0.4, 0.5) is 11.4 Å². The van der Waals surface area contributed by atoms with E-state index >= 15 is 0 Å². The van der Waals surface area contributed by atoms with Crippen molar-refractivity contribution in [2.45, 2.75) is 26.3 Å². The SMILES string of the molecule is CCCNC(=O)C(C)Nc1cc(Br)ccc1[N+](=O)[O-]. The second-order valence-corrected chi connectivity index (χ2v) is 4.99. The van der Waals surface area contributed by atoms with Gasteiger partial charge in [0.25, 0.3) is 5.69 Å². The zero-order chi connectivity index (χ0) is 14.4. The molecule has 104 valence electrons. The lowest BCUT2D eigenvalue weighted by atomic mass is 10.2. The number of carbonyl (C=O) groups is 1. The standard InChI is InChI=1S/C12H16BrN3O3/c1-3-6-14-12(17)8(2)15-10-7-9(13)4-5-11(10)16(18)19/h4-5,7-8,15H,3,6H2,1-2H3,(H,14,17). The predicted octanol–water partition coefficient (Wildman–Crippen LogP) is 2.68. The molecule has 2 N–H and O–H groups in total. The van der Waals surface area contributed by atoms with E-state index in [4.69, 9.17) is 0 Å². The Bertz CT molecular complexity index is 479. The molecule has 1 aromatic carbocycles. The lowest BCUT2D eigenvalue weighted by Crippen LogP contribution is -2.38. The smallest absolute Gasteiger partial charge is 0.292 e. The van der Waals surface area contributed by atoms with E-state index in [2.05, 4.69) is 26.6 Å². The number of benzene rings is 1. The first kappa shape index (κ1) is 15.4. The van der Waals surface area contributed by atoms with Crippen molar-refractivity contribution < 1.29 is 9.72 Å². The quantitative estimate of drug-likeness (QED) is 0.620. The van der Waals surface area contributed by atoms with E-state index in [9.17, 15) is 14.9 Å². The Kier molecular flexibility index (Phi) is 5.75. The van der Waals surface area contributed by atoms with Crippen LogP contribution in [0, 0.1) is 10.1 Å². The van der Waals surface area contributed by atoms with Gasteiger partial charge < -0.3 is 10.6 Å². The van der Waals surface area contributed by atoms with Crippen LogP contribution in [-0.4, -0.2) is 23.4 Å². The van der Waals surface area contributed by atoms with Crippen LogP contribution in [0.1, 0.15) is 20.3 Å². The van der Waals surface area contributed by atoms with Crippen molar-refractivity contribution in [3.8, 4) is 0 Å². The molecule has 0 heterocycles. The van der Waals surface area contributed by atoms with Crippen LogP contribution in [0.15, 0.2) is 22.7 Å². The van der Waals surface area contributed by atoms with E-state index in [-0.39, 0.29) is 11.6 Å². The van der Waals surface area contributed by atoms with Gasteiger partial charge in [0.15, 0.2) is 0 Å². The molecule has 0 bridgehead atoms. The molecule has 1 rings (SSSR count). The summed E-state index contributed by atoms with van der Waals surface area (Å²) in [5, 5.41) is 16.5. The highest BCUT2D eigenvalue weighted by Gasteiger charge is 2.18. The highest BCUT2D eigenvalue weighted by Crippen LogP contribution is 2.28. The molecule has 1 aromatic rings. The van der Waals surface area contributed by atoms with Crippen LogP contribution in [0.3, 0.4) is 0 Å². The zero-order valence-corrected chi connectivity index (χ0v) is 12.4. The minimum atomic E-state index is -0.542. The molecule has 0 aliphatic carbocycles. The van der Waals surface area contributed by atoms with Gasteiger partial charge in [0.1, 0.15) is 11.7 Å². The molecule has 0 aliphatic rings. The Labute approximate surface area is 119 Å². The molecular weight excluding hydrogens is 314 g/mol. The molecule has 1 amide bonds. The number of anilines is 1. The third kappa shape index (κ3) is 4.51. The largest absolute Gasteiger partial charge is 0.368 e. The van der Waals surface area contributed by atoms with E-state index in [0.29, 0.717) is 16.7 Å². The Balaban J connectivity index is 2.83. The van der Waals surface area contributed by atoms with Crippen molar-refractivity contribution in [1.82, 2.24) is 5.32 Å². The second-order valence-electron chi connectivity index (χ2n) is 4.08. The molecular formula is C12H16BrN3O3. The summed E-state index contributed by atoms with van der Waals surface area (Å²) in [4.78, 5) is 22.1. The molecule has 0 radical (unpaired) electrons. The average molecular weight is 330 g/mol. The normalized spacial score (nSPS) is 11.7. The number of nitro benzene ring substituents is 1. The molecule has 1 atom stereocenters. The second kappa shape index (κ2) is 7.08. The van der Waals surface area contributed by atoms with Gasteiger partial charge in [-0.2, -0.15) is 0 Å². The summed E-state index contributed by atoms with van der Waals surface area (Å²) in [6, 6.07) is 4.02. The third-order valence-electron chi connectivity index (χ3n) is 2.47. The summed E-state index contributed by atoms with van der Waals surface area (Å²) in [5.74, 6) is -0.184. The third-order valence-corrected chi connectivity index (χ3v) is 2.96. The Morgan fingerprint density at radius 3 is 2.79 bits per heavy atom. The van der Waals surface area contributed by atoms with Crippen molar-refractivity contribution in [2.75, 3.05) is 11.9 Å². The molecule has 0 aliphatic heterocycles. The number of halogens is 1. The highest BCUT2D eigenvalue weighted by molar-refractivity contribution is 9.10. The van der Waals surface area contributed by atoms with Crippen LogP contribution in [-0.2, 0) is 4.79 Å². The summed E-state index contributed by atoms with van der Waals surface area (Å²) < 4.78 is 0.710. The zero-order valence-electron chi connectivity index (χ0n) is 10.8. The van der Waals surface area contributed by atoms with Crippen LogP contribution in [0.2, 0.25) is 0 Å². The number of carbonyl (C=O) groups excluding carboxylic acids is 1. The van der Waals surface area contributed by atoms with Crippen LogP contribution < -0.4 is 10.6 Å². The number of amides is 1.